The summed E-state index contributed by atoms with van der Waals surface area (Å²) in [5.74, 6) is -1.76. The molecule has 0 heterocycles. The Bertz CT molecular complexity index is 407. The van der Waals surface area contributed by atoms with E-state index in [1.807, 2.05) is 46.9 Å². The van der Waals surface area contributed by atoms with Crippen molar-refractivity contribution in [3.8, 4) is 0 Å². The zero-order valence-electron chi connectivity index (χ0n) is 15.5. The van der Waals surface area contributed by atoms with E-state index in [2.05, 4.69) is 9.80 Å². The SMILES string of the molecule is CN(C)CCCN(CCCN(C)C)C(=O)[C@@H]1[C@H](C(=O)O)C1(C)C. The van der Waals surface area contributed by atoms with Crippen molar-refractivity contribution in [3.63, 3.8) is 0 Å². The maximum Gasteiger partial charge on any atom is 0.307 e. The number of aliphatic carboxylic acids is 1. The third-order valence-corrected chi connectivity index (χ3v) is 4.74. The lowest BCUT2D eigenvalue weighted by Crippen LogP contribution is -2.37. The lowest BCUT2D eigenvalue weighted by Gasteiger charge is -2.25. The standard InChI is InChI=1S/C17H33N3O3/c1-17(2)13(14(17)16(22)23)15(21)20(11-7-9-18(3)4)12-8-10-19(5)6/h13-14H,7-12H2,1-6H3,(H,22,23)/t13-,14+/m0/s1. The van der Waals surface area contributed by atoms with Crippen LogP contribution in [0.25, 0.3) is 0 Å². The smallest absolute Gasteiger partial charge is 0.307 e. The molecule has 1 rings (SSSR count). The van der Waals surface area contributed by atoms with Crippen LogP contribution >= 0.6 is 0 Å². The van der Waals surface area contributed by atoms with Crippen LogP contribution in [-0.4, -0.2) is 86.1 Å². The van der Waals surface area contributed by atoms with Gasteiger partial charge in [0.1, 0.15) is 0 Å². The summed E-state index contributed by atoms with van der Waals surface area (Å²) in [4.78, 5) is 30.2. The van der Waals surface area contributed by atoms with Gasteiger partial charge in [-0.1, -0.05) is 13.8 Å². The van der Waals surface area contributed by atoms with E-state index in [4.69, 9.17) is 0 Å². The van der Waals surface area contributed by atoms with Crippen LogP contribution in [-0.2, 0) is 9.59 Å². The molecule has 0 aliphatic heterocycles. The summed E-state index contributed by atoms with van der Waals surface area (Å²) in [5, 5.41) is 9.30. The van der Waals surface area contributed by atoms with E-state index < -0.39 is 17.3 Å². The highest BCUT2D eigenvalue weighted by molar-refractivity contribution is 5.91. The maximum absolute atomic E-state index is 12.8. The van der Waals surface area contributed by atoms with Gasteiger partial charge in [0.2, 0.25) is 5.91 Å². The van der Waals surface area contributed by atoms with Gasteiger partial charge < -0.3 is 19.8 Å². The topological polar surface area (TPSA) is 64.1 Å². The predicted octanol–water partition coefficient (Wildman–Crippen LogP) is 1.08. The highest BCUT2D eigenvalue weighted by Gasteiger charge is 2.66. The van der Waals surface area contributed by atoms with Crippen molar-refractivity contribution in [2.24, 2.45) is 17.3 Å². The first kappa shape index (κ1) is 19.9. The first-order valence-corrected chi connectivity index (χ1v) is 8.40. The van der Waals surface area contributed by atoms with E-state index in [0.29, 0.717) is 13.1 Å². The fourth-order valence-electron chi connectivity index (χ4n) is 3.24. The molecule has 1 amide bonds. The molecule has 2 atom stereocenters. The van der Waals surface area contributed by atoms with Gasteiger partial charge in [0, 0.05) is 13.1 Å². The number of amides is 1. The Kier molecular flexibility index (Phi) is 7.02. The van der Waals surface area contributed by atoms with Gasteiger partial charge in [0.05, 0.1) is 11.8 Å². The van der Waals surface area contributed by atoms with E-state index in [0.717, 1.165) is 25.9 Å². The number of carboxylic acids is 1. The normalized spacial score (nSPS) is 22.4. The van der Waals surface area contributed by atoms with E-state index in [-0.39, 0.29) is 11.8 Å². The van der Waals surface area contributed by atoms with E-state index in [1.54, 1.807) is 0 Å². The van der Waals surface area contributed by atoms with Crippen molar-refractivity contribution in [3.05, 3.63) is 0 Å². The minimum atomic E-state index is -0.852. The third kappa shape index (κ3) is 5.46. The van der Waals surface area contributed by atoms with Crippen molar-refractivity contribution in [1.82, 2.24) is 14.7 Å². The van der Waals surface area contributed by atoms with Gasteiger partial charge in [0.15, 0.2) is 0 Å². The third-order valence-electron chi connectivity index (χ3n) is 4.74. The van der Waals surface area contributed by atoms with Crippen LogP contribution in [0.5, 0.6) is 0 Å². The molecule has 0 spiro atoms. The second kappa shape index (κ2) is 8.11. The minimum absolute atomic E-state index is 0.0138. The number of carbonyl (C=O) groups is 2. The quantitative estimate of drug-likeness (QED) is 0.650. The average molecular weight is 327 g/mol. The Morgan fingerprint density at radius 1 is 0.870 bits per heavy atom. The molecule has 134 valence electrons. The van der Waals surface area contributed by atoms with Crippen LogP contribution < -0.4 is 0 Å². The van der Waals surface area contributed by atoms with Gasteiger partial charge >= 0.3 is 5.97 Å². The van der Waals surface area contributed by atoms with Crippen molar-refractivity contribution in [1.29, 1.82) is 0 Å². The van der Waals surface area contributed by atoms with Gasteiger partial charge in [-0.15, -0.1) is 0 Å². The van der Waals surface area contributed by atoms with Crippen molar-refractivity contribution >= 4 is 11.9 Å². The average Bonchev–Trinajstić information content (AvgIpc) is 2.98. The molecule has 6 nitrogen and oxygen atoms in total. The van der Waals surface area contributed by atoms with E-state index in [9.17, 15) is 14.7 Å². The summed E-state index contributed by atoms with van der Waals surface area (Å²) < 4.78 is 0. The lowest BCUT2D eigenvalue weighted by atomic mass is 10.1. The Morgan fingerprint density at radius 2 is 1.30 bits per heavy atom. The Morgan fingerprint density at radius 3 is 1.61 bits per heavy atom. The van der Waals surface area contributed by atoms with Gasteiger partial charge in [-0.2, -0.15) is 0 Å². The molecular formula is C17H33N3O3. The molecule has 1 aliphatic rings. The van der Waals surface area contributed by atoms with Crippen molar-refractivity contribution in [2.75, 3.05) is 54.4 Å². The number of carboxylic acid groups (broad SMARTS) is 1. The number of nitrogens with zero attached hydrogens (tertiary/aromatic N) is 3. The second-order valence-electron chi connectivity index (χ2n) is 7.75. The molecule has 0 unspecified atom stereocenters. The molecule has 23 heavy (non-hydrogen) atoms. The highest BCUT2D eigenvalue weighted by Crippen LogP contribution is 2.59. The summed E-state index contributed by atoms with van der Waals surface area (Å²) in [5.41, 5.74) is -0.426. The Labute approximate surface area is 140 Å². The summed E-state index contributed by atoms with van der Waals surface area (Å²) in [6.07, 6.45) is 1.82. The van der Waals surface area contributed by atoms with Crippen LogP contribution in [0.2, 0.25) is 0 Å². The van der Waals surface area contributed by atoms with Crippen molar-refractivity contribution in [2.45, 2.75) is 26.7 Å². The molecule has 1 saturated carbocycles. The number of hydrogen-bond acceptors (Lipinski definition) is 4. The monoisotopic (exact) mass is 327 g/mol. The summed E-state index contributed by atoms with van der Waals surface area (Å²) in [6.45, 7) is 7.01. The van der Waals surface area contributed by atoms with Crippen LogP contribution in [0.4, 0.5) is 0 Å². The second-order valence-corrected chi connectivity index (χ2v) is 7.75. The summed E-state index contributed by atoms with van der Waals surface area (Å²) >= 11 is 0. The van der Waals surface area contributed by atoms with Gasteiger partial charge in [-0.25, -0.2) is 0 Å². The van der Waals surface area contributed by atoms with Gasteiger partial charge in [0.25, 0.3) is 0 Å². The van der Waals surface area contributed by atoms with Crippen LogP contribution in [0.3, 0.4) is 0 Å². The predicted molar refractivity (Wildman–Crippen MR) is 91.3 cm³/mol. The molecule has 1 fully saturated rings. The molecule has 0 radical (unpaired) electrons. The van der Waals surface area contributed by atoms with E-state index in [1.165, 1.54) is 0 Å². The maximum atomic E-state index is 12.8. The fourth-order valence-corrected chi connectivity index (χ4v) is 3.24. The molecule has 1 aliphatic carbocycles. The zero-order chi connectivity index (χ0) is 17.8. The van der Waals surface area contributed by atoms with E-state index >= 15 is 0 Å². The molecule has 0 aromatic heterocycles. The summed E-state index contributed by atoms with van der Waals surface area (Å²) in [6, 6.07) is 0. The fraction of sp³-hybridized carbons (Fsp3) is 0.882. The molecular weight excluding hydrogens is 294 g/mol. The molecule has 0 aromatic carbocycles. The van der Waals surface area contributed by atoms with Gasteiger partial charge in [-0.05, 0) is 59.5 Å². The number of rotatable bonds is 10. The van der Waals surface area contributed by atoms with Crippen LogP contribution in [0, 0.1) is 17.3 Å². The molecule has 6 heteroatoms. The number of carbonyl (C=O) groups excluding carboxylic acids is 1. The van der Waals surface area contributed by atoms with Crippen molar-refractivity contribution < 1.29 is 14.7 Å². The first-order valence-electron chi connectivity index (χ1n) is 8.40. The lowest BCUT2D eigenvalue weighted by molar-refractivity contribution is -0.142. The van der Waals surface area contributed by atoms with Crippen LogP contribution in [0.15, 0.2) is 0 Å². The zero-order valence-corrected chi connectivity index (χ0v) is 15.5. The Hall–Kier alpha value is -1.14. The largest absolute Gasteiger partial charge is 0.481 e. The molecule has 0 aromatic rings. The summed E-state index contributed by atoms with van der Waals surface area (Å²) in [7, 11) is 8.07. The molecule has 0 saturated heterocycles. The highest BCUT2D eigenvalue weighted by atomic mass is 16.4. The molecule has 1 N–H and O–H groups in total. The van der Waals surface area contributed by atoms with Crippen LogP contribution in [0.1, 0.15) is 26.7 Å². The number of hydrogen-bond donors (Lipinski definition) is 1. The molecule has 0 bridgehead atoms. The van der Waals surface area contributed by atoms with Gasteiger partial charge in [-0.3, -0.25) is 9.59 Å². The minimum Gasteiger partial charge on any atom is -0.481 e. The first-order chi connectivity index (χ1) is 10.6. The Balaban J connectivity index is 2.66.